The van der Waals surface area contributed by atoms with Crippen LogP contribution in [0.15, 0.2) is 76.6 Å². The van der Waals surface area contributed by atoms with Crippen LogP contribution in [-0.4, -0.2) is 19.1 Å². The molecule has 0 aliphatic rings. The Kier molecular flexibility index (Phi) is 5.17. The van der Waals surface area contributed by atoms with Crippen molar-refractivity contribution in [1.29, 1.82) is 0 Å². The quantitative estimate of drug-likeness (QED) is 0.428. The first-order chi connectivity index (χ1) is 16.3. The average Bonchev–Trinajstić information content (AvgIpc) is 3.26. The third kappa shape index (κ3) is 3.71. The highest BCUT2D eigenvalue weighted by atomic mass is 16.5. The van der Waals surface area contributed by atoms with Gasteiger partial charge in [0.15, 0.2) is 5.75 Å². The average molecular weight is 453 g/mol. The Morgan fingerprint density at radius 2 is 1.44 bits per heavy atom. The van der Waals surface area contributed by atoms with E-state index in [9.17, 15) is 9.59 Å². The second kappa shape index (κ2) is 8.19. The van der Waals surface area contributed by atoms with Gasteiger partial charge < -0.3 is 18.9 Å². The summed E-state index contributed by atoms with van der Waals surface area (Å²) in [6, 6.07) is 17.1. The number of ether oxygens (including phenoxy) is 1. The third-order valence-corrected chi connectivity index (χ3v) is 5.88. The number of imidazole rings is 1. The highest BCUT2D eigenvalue weighted by Crippen LogP contribution is 2.39. The maximum absolute atomic E-state index is 12.3. The monoisotopic (exact) mass is 452 g/mol. The fourth-order valence-electron chi connectivity index (χ4n) is 4.16. The number of pyridine rings is 2. The van der Waals surface area contributed by atoms with Crippen LogP contribution in [-0.2, 0) is 14.1 Å². The van der Waals surface area contributed by atoms with Crippen molar-refractivity contribution >= 4 is 11.0 Å². The molecule has 0 saturated carbocycles. The van der Waals surface area contributed by atoms with Crippen molar-refractivity contribution in [2.45, 2.75) is 13.8 Å². The van der Waals surface area contributed by atoms with E-state index in [0.29, 0.717) is 34.0 Å². The molecule has 0 bridgehead atoms. The fraction of sp³-hybridized carbons (Fsp3) is 0.148. The number of fused-ring (bicyclic) bond motifs is 1. The maximum Gasteiger partial charge on any atom is 0.253 e. The molecule has 0 atom stereocenters. The molecule has 7 heteroatoms. The first-order valence-corrected chi connectivity index (χ1v) is 10.9. The summed E-state index contributed by atoms with van der Waals surface area (Å²) in [4.78, 5) is 32.7. The summed E-state index contributed by atoms with van der Waals surface area (Å²) in [5.41, 5.74) is 5.16. The molecule has 2 aromatic carbocycles. The molecule has 0 aliphatic carbocycles. The van der Waals surface area contributed by atoms with Crippen LogP contribution in [0.25, 0.3) is 33.5 Å². The van der Waals surface area contributed by atoms with Crippen molar-refractivity contribution in [2.24, 2.45) is 14.1 Å². The molecule has 0 aliphatic heterocycles. The molecule has 5 aromatic rings. The molecule has 0 spiro atoms. The van der Waals surface area contributed by atoms with E-state index in [1.807, 2.05) is 54.6 Å². The number of hydrogen-bond donors (Lipinski definition) is 1. The first-order valence-electron chi connectivity index (χ1n) is 10.9. The Morgan fingerprint density at radius 3 is 2.09 bits per heavy atom. The Labute approximate surface area is 195 Å². The van der Waals surface area contributed by atoms with Gasteiger partial charge in [-0.25, -0.2) is 4.98 Å². The van der Waals surface area contributed by atoms with Crippen molar-refractivity contribution < 1.29 is 4.74 Å². The lowest BCUT2D eigenvalue weighted by Crippen LogP contribution is -2.18. The SMILES string of the molecule is Cc1cc(-c2nc3c(Oc4ccccc4)c(-c4cc(C)c(=O)n(C)c4)ccc3[nH]2)cn(C)c1=O. The van der Waals surface area contributed by atoms with Crippen molar-refractivity contribution in [3.63, 3.8) is 0 Å². The Bertz CT molecular complexity index is 1610. The minimum absolute atomic E-state index is 0.0394. The predicted molar refractivity (Wildman–Crippen MR) is 133 cm³/mol. The van der Waals surface area contributed by atoms with Crippen molar-refractivity contribution in [1.82, 2.24) is 19.1 Å². The smallest absolute Gasteiger partial charge is 0.253 e. The van der Waals surface area contributed by atoms with Gasteiger partial charge in [0.2, 0.25) is 0 Å². The van der Waals surface area contributed by atoms with Gasteiger partial charge in [0.1, 0.15) is 17.1 Å². The van der Waals surface area contributed by atoms with Crippen LogP contribution in [0.4, 0.5) is 0 Å². The molecule has 7 nitrogen and oxygen atoms in total. The molecule has 0 radical (unpaired) electrons. The summed E-state index contributed by atoms with van der Waals surface area (Å²) in [7, 11) is 3.47. The zero-order valence-corrected chi connectivity index (χ0v) is 19.4. The van der Waals surface area contributed by atoms with Gasteiger partial charge in [-0.05, 0) is 50.2 Å². The normalized spacial score (nSPS) is 11.2. The highest BCUT2D eigenvalue weighted by molar-refractivity contribution is 5.92. The molecule has 0 saturated heterocycles. The van der Waals surface area contributed by atoms with Gasteiger partial charge in [-0.3, -0.25) is 9.59 Å². The molecular formula is C27H24N4O3. The van der Waals surface area contributed by atoms with Crippen LogP contribution in [0.2, 0.25) is 0 Å². The largest absolute Gasteiger partial charge is 0.454 e. The van der Waals surface area contributed by atoms with E-state index in [0.717, 1.165) is 22.2 Å². The second-order valence-electron chi connectivity index (χ2n) is 8.49. The summed E-state index contributed by atoms with van der Waals surface area (Å²) in [5, 5.41) is 0. The number of nitrogens with one attached hydrogen (secondary N) is 1. The van der Waals surface area contributed by atoms with Gasteiger partial charge >= 0.3 is 0 Å². The van der Waals surface area contributed by atoms with E-state index in [4.69, 9.17) is 9.72 Å². The molecule has 0 amide bonds. The van der Waals surface area contributed by atoms with Crippen LogP contribution in [0.3, 0.4) is 0 Å². The van der Waals surface area contributed by atoms with E-state index in [2.05, 4.69) is 4.98 Å². The van der Waals surface area contributed by atoms with Crippen LogP contribution < -0.4 is 15.9 Å². The van der Waals surface area contributed by atoms with Crippen LogP contribution in [0.5, 0.6) is 11.5 Å². The number of hydrogen-bond acceptors (Lipinski definition) is 4. The van der Waals surface area contributed by atoms with Crippen LogP contribution >= 0.6 is 0 Å². The predicted octanol–water partition coefficient (Wildman–Crippen LogP) is 4.70. The molecule has 1 N–H and O–H groups in total. The zero-order valence-electron chi connectivity index (χ0n) is 19.4. The van der Waals surface area contributed by atoms with E-state index in [1.165, 1.54) is 0 Å². The minimum Gasteiger partial charge on any atom is -0.454 e. The fourth-order valence-corrected chi connectivity index (χ4v) is 4.16. The Balaban J connectivity index is 1.75. The highest BCUT2D eigenvalue weighted by Gasteiger charge is 2.18. The minimum atomic E-state index is -0.0414. The Hall–Kier alpha value is -4.39. The second-order valence-corrected chi connectivity index (χ2v) is 8.49. The van der Waals surface area contributed by atoms with Gasteiger partial charge in [-0.15, -0.1) is 0 Å². The van der Waals surface area contributed by atoms with E-state index in [-0.39, 0.29) is 11.1 Å². The number of aromatic amines is 1. The standard InChI is InChI=1S/C27H24N4O3/c1-16-12-18(14-30(3)26(16)32)21-10-11-22-23(24(21)34-20-8-6-5-7-9-20)29-25(28-22)19-13-17(2)27(33)31(4)15-19/h5-15H,1-4H3,(H,28,29). The summed E-state index contributed by atoms with van der Waals surface area (Å²) in [6.45, 7) is 3.59. The van der Waals surface area contributed by atoms with E-state index >= 15 is 0 Å². The van der Waals surface area contributed by atoms with Crippen LogP contribution in [0, 0.1) is 13.8 Å². The summed E-state index contributed by atoms with van der Waals surface area (Å²) < 4.78 is 9.51. The molecule has 34 heavy (non-hydrogen) atoms. The van der Waals surface area contributed by atoms with Crippen molar-refractivity contribution in [3.05, 3.63) is 98.8 Å². The van der Waals surface area contributed by atoms with Crippen molar-refractivity contribution in [2.75, 3.05) is 0 Å². The zero-order chi connectivity index (χ0) is 24.0. The third-order valence-electron chi connectivity index (χ3n) is 5.88. The van der Waals surface area contributed by atoms with Gasteiger partial charge in [-0.1, -0.05) is 18.2 Å². The lowest BCUT2D eigenvalue weighted by Gasteiger charge is -2.13. The lowest BCUT2D eigenvalue weighted by atomic mass is 10.0. The number of rotatable bonds is 4. The first kappa shape index (κ1) is 21.5. The number of aryl methyl sites for hydroxylation is 4. The summed E-state index contributed by atoms with van der Waals surface area (Å²) in [5.74, 6) is 1.91. The van der Waals surface area contributed by atoms with Gasteiger partial charge in [0.05, 0.1) is 5.52 Å². The molecule has 0 fully saturated rings. The lowest BCUT2D eigenvalue weighted by molar-refractivity contribution is 0.489. The molecule has 170 valence electrons. The Morgan fingerprint density at radius 1 is 0.824 bits per heavy atom. The number of aromatic nitrogens is 4. The van der Waals surface area contributed by atoms with E-state index < -0.39 is 0 Å². The molecule has 5 rings (SSSR count). The topological polar surface area (TPSA) is 81.9 Å². The summed E-state index contributed by atoms with van der Waals surface area (Å²) in [6.07, 6.45) is 3.57. The van der Waals surface area contributed by atoms with E-state index in [1.54, 1.807) is 49.5 Å². The van der Waals surface area contributed by atoms with Crippen LogP contribution in [0.1, 0.15) is 11.1 Å². The van der Waals surface area contributed by atoms with Gasteiger partial charge in [-0.2, -0.15) is 0 Å². The molecule has 3 heterocycles. The summed E-state index contributed by atoms with van der Waals surface area (Å²) >= 11 is 0. The van der Waals surface area contributed by atoms with Gasteiger partial charge in [0.25, 0.3) is 11.1 Å². The maximum atomic E-state index is 12.3. The molecule has 3 aromatic heterocycles. The number of nitrogens with zero attached hydrogens (tertiary/aromatic N) is 3. The number of H-pyrrole nitrogens is 1. The molecule has 0 unspecified atom stereocenters. The van der Waals surface area contributed by atoms with Crippen molar-refractivity contribution in [3.8, 4) is 34.0 Å². The number of para-hydroxylation sites is 1. The van der Waals surface area contributed by atoms with Gasteiger partial charge in [0, 0.05) is 54.3 Å². The molecular weight excluding hydrogens is 428 g/mol. The number of benzene rings is 2.